The molecule has 2 heterocycles. The molecule has 0 bridgehead atoms. The van der Waals surface area contributed by atoms with E-state index in [9.17, 15) is 13.2 Å². The maximum Gasteiger partial charge on any atom is 0.264 e. The van der Waals surface area contributed by atoms with Gasteiger partial charge >= 0.3 is 0 Å². The van der Waals surface area contributed by atoms with Gasteiger partial charge in [-0.2, -0.15) is 0 Å². The van der Waals surface area contributed by atoms with Crippen molar-refractivity contribution in [1.82, 2.24) is 10.2 Å². The van der Waals surface area contributed by atoms with Crippen molar-refractivity contribution in [3.8, 4) is 0 Å². The number of amides is 1. The van der Waals surface area contributed by atoms with Crippen molar-refractivity contribution in [3.05, 3.63) is 95.2 Å². The maximum absolute atomic E-state index is 13.5. The Morgan fingerprint density at radius 3 is 2.57 bits per heavy atom. The third-order valence-electron chi connectivity index (χ3n) is 5.84. The number of nitrogens with one attached hydrogen (secondary N) is 1. The molecule has 9 heteroatoms. The first kappa shape index (κ1) is 25.1. The molecule has 1 fully saturated rings. The molecule has 3 aromatic rings. The summed E-state index contributed by atoms with van der Waals surface area (Å²) in [6, 6.07) is 19.1. The number of thiophene rings is 1. The first-order valence-corrected chi connectivity index (χ1v) is 13.7. The second-order valence-electron chi connectivity index (χ2n) is 8.08. The average molecular weight is 512 g/mol. The molecule has 1 atom stereocenters. The Morgan fingerprint density at radius 1 is 1.11 bits per heavy atom. The van der Waals surface area contributed by atoms with Crippen LogP contribution in [0.15, 0.2) is 89.7 Å². The molecule has 184 valence electrons. The number of carbonyl (C=O) groups excluding carboxylic acids is 1. The lowest BCUT2D eigenvalue weighted by molar-refractivity contribution is 0.0169. The predicted octanol–water partition coefficient (Wildman–Crippen LogP) is 3.93. The van der Waals surface area contributed by atoms with Gasteiger partial charge in [0.2, 0.25) is 0 Å². The van der Waals surface area contributed by atoms with Crippen LogP contribution in [-0.4, -0.2) is 58.6 Å². The monoisotopic (exact) mass is 511 g/mol. The number of rotatable bonds is 10. The predicted molar refractivity (Wildman–Crippen MR) is 139 cm³/mol. The van der Waals surface area contributed by atoms with E-state index >= 15 is 0 Å². The van der Waals surface area contributed by atoms with Gasteiger partial charge < -0.3 is 10.1 Å². The number of morpholine rings is 1. The van der Waals surface area contributed by atoms with Gasteiger partial charge in [-0.05, 0) is 41.8 Å². The number of benzene rings is 2. The first-order valence-electron chi connectivity index (χ1n) is 11.4. The van der Waals surface area contributed by atoms with E-state index in [0.29, 0.717) is 31.0 Å². The molecule has 1 aliphatic rings. The molecule has 2 aromatic carbocycles. The topological polar surface area (TPSA) is 79.0 Å². The number of sulfonamides is 1. The molecule has 1 aliphatic heterocycles. The standard InChI is InChI=1S/C26H29N3O4S2/c1-2-13-29(22-9-4-3-5-10-22)35(31,32)23-11-6-8-21(19-23)26(30)27-20-24(25-12-7-18-34-25)28-14-16-33-17-15-28/h2-12,18-19,24H,1,13-17,20H2,(H,27,30)/t24-/m1/s1. The van der Waals surface area contributed by atoms with Crippen molar-refractivity contribution in [2.45, 2.75) is 10.9 Å². The van der Waals surface area contributed by atoms with Crippen LogP contribution in [-0.2, 0) is 14.8 Å². The summed E-state index contributed by atoms with van der Waals surface area (Å²) in [5.41, 5.74) is 0.830. The molecule has 0 unspecified atom stereocenters. The Labute approximate surface area is 210 Å². The van der Waals surface area contributed by atoms with E-state index in [2.05, 4.69) is 22.9 Å². The fraction of sp³-hybridized carbons (Fsp3) is 0.269. The zero-order chi connectivity index (χ0) is 24.7. The van der Waals surface area contributed by atoms with Gasteiger partial charge in [0, 0.05) is 30.1 Å². The van der Waals surface area contributed by atoms with E-state index < -0.39 is 10.0 Å². The first-order chi connectivity index (χ1) is 17.0. The van der Waals surface area contributed by atoms with Gasteiger partial charge in [0.25, 0.3) is 15.9 Å². The van der Waals surface area contributed by atoms with Gasteiger partial charge in [-0.3, -0.25) is 14.0 Å². The minimum absolute atomic E-state index is 0.0379. The molecular weight excluding hydrogens is 482 g/mol. The number of carbonyl (C=O) groups is 1. The van der Waals surface area contributed by atoms with Crippen LogP contribution < -0.4 is 9.62 Å². The zero-order valence-corrected chi connectivity index (χ0v) is 21.0. The van der Waals surface area contributed by atoms with Gasteiger partial charge in [0.15, 0.2) is 0 Å². The van der Waals surface area contributed by atoms with Crippen LogP contribution in [0.5, 0.6) is 0 Å². The molecule has 1 amide bonds. The number of ether oxygens (including phenoxy) is 1. The lowest BCUT2D eigenvalue weighted by Gasteiger charge is -2.34. The third-order valence-corrected chi connectivity index (χ3v) is 8.60. The molecule has 7 nitrogen and oxygen atoms in total. The highest BCUT2D eigenvalue weighted by Crippen LogP contribution is 2.26. The van der Waals surface area contributed by atoms with Crippen LogP contribution in [0.2, 0.25) is 0 Å². The fourth-order valence-electron chi connectivity index (χ4n) is 4.05. The van der Waals surface area contributed by atoms with Crippen molar-refractivity contribution < 1.29 is 17.9 Å². The lowest BCUT2D eigenvalue weighted by atomic mass is 10.1. The summed E-state index contributed by atoms with van der Waals surface area (Å²) >= 11 is 1.66. The van der Waals surface area contributed by atoms with Gasteiger partial charge in [-0.25, -0.2) is 8.42 Å². The van der Waals surface area contributed by atoms with Gasteiger partial charge in [0.1, 0.15) is 0 Å². The maximum atomic E-state index is 13.5. The largest absolute Gasteiger partial charge is 0.379 e. The third kappa shape index (κ3) is 5.99. The molecule has 35 heavy (non-hydrogen) atoms. The second-order valence-corrected chi connectivity index (χ2v) is 10.9. The highest BCUT2D eigenvalue weighted by molar-refractivity contribution is 7.92. The zero-order valence-electron chi connectivity index (χ0n) is 19.4. The van der Waals surface area contributed by atoms with E-state index in [-0.39, 0.29) is 23.4 Å². The molecule has 1 saturated heterocycles. The molecule has 0 radical (unpaired) electrons. The molecule has 4 rings (SSSR count). The molecule has 0 spiro atoms. The summed E-state index contributed by atoms with van der Waals surface area (Å²) in [7, 11) is -3.89. The van der Waals surface area contributed by atoms with Crippen LogP contribution in [0.1, 0.15) is 21.3 Å². The van der Waals surface area contributed by atoms with Crippen LogP contribution in [0.25, 0.3) is 0 Å². The quantitative estimate of drug-likeness (QED) is 0.417. The fourth-order valence-corrected chi connectivity index (χ4v) is 6.39. The van der Waals surface area contributed by atoms with E-state index in [1.807, 2.05) is 17.5 Å². The molecular formula is C26H29N3O4S2. The second kappa shape index (κ2) is 11.6. The van der Waals surface area contributed by atoms with Gasteiger partial charge in [-0.1, -0.05) is 36.4 Å². The molecule has 1 N–H and O–H groups in total. The average Bonchev–Trinajstić information content (AvgIpc) is 3.43. The van der Waals surface area contributed by atoms with Gasteiger partial charge in [0.05, 0.1) is 36.4 Å². The van der Waals surface area contributed by atoms with E-state index in [0.717, 1.165) is 13.1 Å². The van der Waals surface area contributed by atoms with Crippen LogP contribution in [0, 0.1) is 0 Å². The Kier molecular flexibility index (Phi) is 8.35. The van der Waals surface area contributed by atoms with E-state index in [1.54, 1.807) is 47.7 Å². The Morgan fingerprint density at radius 2 is 1.89 bits per heavy atom. The number of nitrogens with zero attached hydrogens (tertiary/aromatic N) is 2. The van der Waals surface area contributed by atoms with Crippen LogP contribution >= 0.6 is 11.3 Å². The lowest BCUT2D eigenvalue weighted by Crippen LogP contribution is -2.43. The van der Waals surface area contributed by atoms with Gasteiger partial charge in [-0.15, -0.1) is 17.9 Å². The summed E-state index contributed by atoms with van der Waals surface area (Å²) in [5, 5.41) is 5.04. The molecule has 0 saturated carbocycles. The Hall–Kier alpha value is -2.98. The van der Waals surface area contributed by atoms with Crippen molar-refractivity contribution in [2.24, 2.45) is 0 Å². The minimum Gasteiger partial charge on any atom is -0.379 e. The highest BCUT2D eigenvalue weighted by Gasteiger charge is 2.26. The van der Waals surface area contributed by atoms with Crippen LogP contribution in [0.3, 0.4) is 0 Å². The van der Waals surface area contributed by atoms with Crippen molar-refractivity contribution in [3.63, 3.8) is 0 Å². The number of hydrogen-bond acceptors (Lipinski definition) is 6. The summed E-state index contributed by atoms with van der Waals surface area (Å²) in [6.45, 7) is 7.16. The van der Waals surface area contributed by atoms with Crippen molar-refractivity contribution >= 4 is 33.0 Å². The van der Waals surface area contributed by atoms with E-state index in [1.165, 1.54) is 27.4 Å². The van der Waals surface area contributed by atoms with Crippen molar-refractivity contribution in [1.29, 1.82) is 0 Å². The Bertz CT molecular complexity index is 1220. The van der Waals surface area contributed by atoms with Crippen LogP contribution in [0.4, 0.5) is 5.69 Å². The summed E-state index contributed by atoms with van der Waals surface area (Å²) in [5.74, 6) is -0.313. The van der Waals surface area contributed by atoms with E-state index in [4.69, 9.17) is 4.74 Å². The summed E-state index contributed by atoms with van der Waals surface area (Å²) < 4.78 is 33.7. The van der Waals surface area contributed by atoms with Crippen molar-refractivity contribution in [2.75, 3.05) is 43.7 Å². The SMILES string of the molecule is C=CCN(c1ccccc1)S(=O)(=O)c1cccc(C(=O)NC[C@H](c2cccs2)N2CCOCC2)c1. The number of hydrogen-bond donors (Lipinski definition) is 1. The summed E-state index contributed by atoms with van der Waals surface area (Å²) in [4.78, 5) is 16.6. The smallest absolute Gasteiger partial charge is 0.264 e. The summed E-state index contributed by atoms with van der Waals surface area (Å²) in [6.07, 6.45) is 1.54. The molecule has 1 aromatic heterocycles. The molecule has 0 aliphatic carbocycles. The Balaban J connectivity index is 1.52. The highest BCUT2D eigenvalue weighted by atomic mass is 32.2. The normalized spacial score (nSPS) is 15.3. The number of anilines is 1. The number of para-hydroxylation sites is 1. The minimum atomic E-state index is -3.89.